The van der Waals surface area contributed by atoms with E-state index in [1.54, 1.807) is 37.3 Å². The van der Waals surface area contributed by atoms with E-state index in [2.05, 4.69) is 15.3 Å². The first-order valence-corrected chi connectivity index (χ1v) is 14.4. The molecule has 0 amide bonds. The number of rotatable bonds is 9. The number of hydrogen-bond donors (Lipinski definition) is 2. The summed E-state index contributed by atoms with van der Waals surface area (Å²) in [6.07, 6.45) is -4.79. The van der Waals surface area contributed by atoms with E-state index in [4.69, 9.17) is 24.7 Å². The predicted octanol–water partition coefficient (Wildman–Crippen LogP) is 4.94. The Balaban J connectivity index is 1.30. The van der Waals surface area contributed by atoms with Crippen molar-refractivity contribution >= 4 is 17.7 Å². The molecule has 2 aromatic carbocycles. The molecule has 44 heavy (non-hydrogen) atoms. The third-order valence-electron chi connectivity index (χ3n) is 8.25. The van der Waals surface area contributed by atoms with Crippen LogP contribution in [0.1, 0.15) is 37.9 Å². The quantitative estimate of drug-likeness (QED) is 0.321. The molecule has 3 aromatic rings. The van der Waals surface area contributed by atoms with Crippen LogP contribution in [0.25, 0.3) is 11.1 Å². The van der Waals surface area contributed by atoms with Crippen LogP contribution in [0.2, 0.25) is 0 Å². The van der Waals surface area contributed by atoms with Crippen LogP contribution >= 0.6 is 0 Å². The van der Waals surface area contributed by atoms with Crippen LogP contribution in [-0.4, -0.2) is 68.6 Å². The molecular weight excluding hydrogens is 579 g/mol. The van der Waals surface area contributed by atoms with Crippen molar-refractivity contribution in [1.29, 1.82) is 0 Å². The maximum absolute atomic E-state index is 14.3. The van der Waals surface area contributed by atoms with Crippen molar-refractivity contribution in [3.8, 4) is 28.5 Å². The fraction of sp³-hybridized carbons (Fsp3) is 0.452. The molecule has 13 heteroatoms. The lowest BCUT2D eigenvalue weighted by Crippen LogP contribution is -2.41. The van der Waals surface area contributed by atoms with Gasteiger partial charge >= 0.3 is 12.1 Å². The summed E-state index contributed by atoms with van der Waals surface area (Å²) in [6, 6.07) is 12.3. The van der Waals surface area contributed by atoms with Crippen molar-refractivity contribution in [2.75, 3.05) is 51.1 Å². The summed E-state index contributed by atoms with van der Waals surface area (Å²) in [4.78, 5) is 22.4. The molecule has 10 nitrogen and oxygen atoms in total. The normalized spacial score (nSPS) is 18.6. The second kappa shape index (κ2) is 12.8. The van der Waals surface area contributed by atoms with Crippen molar-refractivity contribution in [2.45, 2.75) is 44.5 Å². The average molecular weight is 616 g/mol. The molecule has 0 radical (unpaired) electrons. The fourth-order valence-corrected chi connectivity index (χ4v) is 5.88. The topological polar surface area (TPSA) is 121 Å². The van der Waals surface area contributed by atoms with E-state index in [9.17, 15) is 18.0 Å². The first-order valence-electron chi connectivity index (χ1n) is 14.4. The van der Waals surface area contributed by atoms with Gasteiger partial charge in [-0.2, -0.15) is 23.1 Å². The van der Waals surface area contributed by atoms with Gasteiger partial charge in [0.2, 0.25) is 17.9 Å². The SMILES string of the molecule is CCOC(=O)C1CC2(CCN(c3cc(O[C@H](c4ccc(-c5ccc(OC)c(OC)c5)cc4)C(F)(F)F)nc(N)n3)CC2)CN1. The summed E-state index contributed by atoms with van der Waals surface area (Å²) in [5.41, 5.74) is 7.21. The summed E-state index contributed by atoms with van der Waals surface area (Å²) in [5, 5.41) is 3.27. The summed E-state index contributed by atoms with van der Waals surface area (Å²) >= 11 is 0. The second-order valence-corrected chi connectivity index (χ2v) is 11.0. The molecule has 2 aliphatic rings. The van der Waals surface area contributed by atoms with Crippen molar-refractivity contribution in [3.63, 3.8) is 0 Å². The molecule has 0 saturated carbocycles. The molecule has 5 rings (SSSR count). The number of nitrogen functional groups attached to an aromatic ring is 1. The number of piperidine rings is 1. The molecule has 1 unspecified atom stereocenters. The molecule has 0 bridgehead atoms. The molecule has 1 spiro atoms. The number of nitrogens with zero attached hydrogens (tertiary/aromatic N) is 3. The van der Waals surface area contributed by atoms with E-state index in [1.165, 1.54) is 32.4 Å². The number of carbonyl (C=O) groups excluding carboxylic acids is 1. The zero-order chi connectivity index (χ0) is 31.5. The smallest absolute Gasteiger partial charge is 0.429 e. The van der Waals surface area contributed by atoms with E-state index in [-0.39, 0.29) is 34.8 Å². The number of alkyl halides is 3. The fourth-order valence-electron chi connectivity index (χ4n) is 5.88. The van der Waals surface area contributed by atoms with Crippen molar-refractivity contribution in [1.82, 2.24) is 15.3 Å². The van der Waals surface area contributed by atoms with Crippen LogP contribution in [0.15, 0.2) is 48.5 Å². The maximum Gasteiger partial charge on any atom is 0.429 e. The van der Waals surface area contributed by atoms with Gasteiger partial charge in [0.25, 0.3) is 0 Å². The van der Waals surface area contributed by atoms with Crippen molar-refractivity contribution in [3.05, 3.63) is 54.1 Å². The van der Waals surface area contributed by atoms with Gasteiger partial charge in [0.05, 0.1) is 20.8 Å². The van der Waals surface area contributed by atoms with Crippen LogP contribution in [0.5, 0.6) is 17.4 Å². The Labute approximate surface area is 253 Å². The second-order valence-electron chi connectivity index (χ2n) is 11.0. The highest BCUT2D eigenvalue weighted by molar-refractivity contribution is 5.76. The predicted molar refractivity (Wildman–Crippen MR) is 158 cm³/mol. The lowest BCUT2D eigenvalue weighted by Gasteiger charge is -2.39. The van der Waals surface area contributed by atoms with Gasteiger partial charge < -0.3 is 34.9 Å². The van der Waals surface area contributed by atoms with Gasteiger partial charge in [0, 0.05) is 31.3 Å². The standard InChI is InChI=1S/C31H36F3N5O5/c1-4-43-28(40)22-17-30(18-36-22)11-13-39(14-12-30)25-16-26(38-29(35)37-25)44-27(31(32,33)34)20-7-5-19(6-8-20)21-9-10-23(41-2)24(15-21)42-3/h5-10,15-16,22,27,36H,4,11-14,17-18H2,1-3H3,(H2,35,37,38)/t22?,27-/m1/s1. The first kappa shape index (κ1) is 31.2. The minimum atomic E-state index is -4.73. The Bertz CT molecular complexity index is 1460. The summed E-state index contributed by atoms with van der Waals surface area (Å²) in [5.74, 6) is 0.736. The third-order valence-corrected chi connectivity index (χ3v) is 8.25. The zero-order valence-electron chi connectivity index (χ0n) is 24.8. The summed E-state index contributed by atoms with van der Waals surface area (Å²) in [7, 11) is 3.04. The average Bonchev–Trinajstić information content (AvgIpc) is 3.42. The van der Waals surface area contributed by atoms with Crippen molar-refractivity contribution in [2.24, 2.45) is 5.41 Å². The van der Waals surface area contributed by atoms with Crippen LogP contribution < -0.4 is 30.2 Å². The van der Waals surface area contributed by atoms with Crippen LogP contribution in [0, 0.1) is 5.41 Å². The largest absolute Gasteiger partial charge is 0.493 e. The lowest BCUT2D eigenvalue weighted by atomic mass is 9.76. The molecule has 2 saturated heterocycles. The summed E-state index contributed by atoms with van der Waals surface area (Å²) < 4.78 is 64.1. The zero-order valence-corrected chi connectivity index (χ0v) is 24.8. The number of aromatic nitrogens is 2. The van der Waals surface area contributed by atoms with E-state index >= 15 is 0 Å². The minimum absolute atomic E-state index is 0.0592. The van der Waals surface area contributed by atoms with Crippen LogP contribution in [0.3, 0.4) is 0 Å². The number of hydrogen-bond acceptors (Lipinski definition) is 10. The number of ether oxygens (including phenoxy) is 4. The molecule has 1 aromatic heterocycles. The minimum Gasteiger partial charge on any atom is -0.493 e. The molecule has 2 atom stereocenters. The van der Waals surface area contributed by atoms with Crippen LogP contribution in [0.4, 0.5) is 24.9 Å². The molecule has 2 fully saturated rings. The number of nitrogens with two attached hydrogens (primary N) is 1. The Morgan fingerprint density at radius 1 is 1.05 bits per heavy atom. The highest BCUT2D eigenvalue weighted by Crippen LogP contribution is 2.42. The first-order chi connectivity index (χ1) is 21.0. The van der Waals surface area contributed by atoms with E-state index in [0.29, 0.717) is 55.5 Å². The number of benzene rings is 2. The maximum atomic E-state index is 14.3. The Morgan fingerprint density at radius 2 is 1.73 bits per heavy atom. The van der Waals surface area contributed by atoms with Crippen LogP contribution in [-0.2, 0) is 9.53 Å². The van der Waals surface area contributed by atoms with Gasteiger partial charge in [-0.3, -0.25) is 4.79 Å². The monoisotopic (exact) mass is 615 g/mol. The number of carbonyl (C=O) groups is 1. The van der Waals surface area contributed by atoms with Gasteiger partial charge in [-0.1, -0.05) is 30.3 Å². The summed E-state index contributed by atoms with van der Waals surface area (Å²) in [6.45, 7) is 3.99. The number of esters is 1. The van der Waals surface area contributed by atoms with Crippen molar-refractivity contribution < 1.29 is 36.9 Å². The third kappa shape index (κ3) is 6.77. The van der Waals surface area contributed by atoms with E-state index in [0.717, 1.165) is 18.4 Å². The number of methoxy groups -OCH3 is 2. The number of anilines is 2. The molecule has 3 heterocycles. The van der Waals surface area contributed by atoms with Gasteiger partial charge in [-0.15, -0.1) is 0 Å². The highest BCUT2D eigenvalue weighted by Gasteiger charge is 2.45. The van der Waals surface area contributed by atoms with Gasteiger partial charge in [0.1, 0.15) is 11.9 Å². The Hall–Kier alpha value is -4.26. The van der Waals surface area contributed by atoms with E-state index in [1.807, 2.05) is 4.90 Å². The Kier molecular flexibility index (Phi) is 9.05. The van der Waals surface area contributed by atoms with Gasteiger partial charge in [0.15, 0.2) is 11.5 Å². The van der Waals surface area contributed by atoms with Gasteiger partial charge in [-0.25, -0.2) is 0 Å². The molecule has 2 aliphatic heterocycles. The molecule has 0 aliphatic carbocycles. The molecular formula is C31H36F3N5O5. The number of halogens is 3. The van der Waals surface area contributed by atoms with Gasteiger partial charge in [-0.05, 0) is 54.9 Å². The molecule has 3 N–H and O–H groups in total. The van der Waals surface area contributed by atoms with E-state index < -0.39 is 12.3 Å². The Morgan fingerprint density at radius 3 is 2.36 bits per heavy atom. The molecule has 236 valence electrons. The lowest BCUT2D eigenvalue weighted by molar-refractivity contribution is -0.198. The number of nitrogens with one attached hydrogen (secondary N) is 1. The highest BCUT2D eigenvalue weighted by atomic mass is 19.4.